The van der Waals surface area contributed by atoms with Gasteiger partial charge in [0.15, 0.2) is 0 Å². The van der Waals surface area contributed by atoms with Crippen LogP contribution in [0.15, 0.2) is 0 Å². The van der Waals surface area contributed by atoms with Gasteiger partial charge in [-0.15, -0.1) is 0 Å². The van der Waals surface area contributed by atoms with Crippen molar-refractivity contribution >= 4 is 0 Å². The molecule has 1 aliphatic heterocycles. The average Bonchev–Trinajstić information content (AvgIpc) is 2.67. The average molecular weight is 222 g/mol. The van der Waals surface area contributed by atoms with Gasteiger partial charge in [-0.1, -0.05) is 6.92 Å². The minimum atomic E-state index is -2.18. The van der Waals surface area contributed by atoms with Crippen molar-refractivity contribution in [1.82, 2.24) is 0 Å². The molecule has 0 amide bonds. The predicted octanol–water partition coefficient (Wildman–Crippen LogP) is 2.72. The highest BCUT2D eigenvalue weighted by atomic mass is 19.3. The van der Waals surface area contributed by atoms with Crippen molar-refractivity contribution in [3.8, 4) is 0 Å². The summed E-state index contributed by atoms with van der Waals surface area (Å²) < 4.78 is 34.5. The van der Waals surface area contributed by atoms with Crippen LogP contribution in [0.3, 0.4) is 0 Å². The van der Waals surface area contributed by atoms with Crippen molar-refractivity contribution in [2.45, 2.75) is 32.6 Å². The predicted molar refractivity (Wildman–Crippen MR) is 54.1 cm³/mol. The summed E-state index contributed by atoms with van der Waals surface area (Å²) in [4.78, 5) is 0. The van der Waals surface area contributed by atoms with Gasteiger partial charge in [0.25, 0.3) is 0 Å². The summed E-state index contributed by atoms with van der Waals surface area (Å²) in [7, 11) is 0. The van der Waals surface area contributed by atoms with Crippen molar-refractivity contribution in [1.29, 1.82) is 0 Å². The zero-order valence-corrected chi connectivity index (χ0v) is 9.25. The van der Waals surface area contributed by atoms with Crippen molar-refractivity contribution < 1.29 is 18.3 Å². The van der Waals surface area contributed by atoms with Crippen LogP contribution < -0.4 is 0 Å². The van der Waals surface area contributed by atoms with E-state index in [0.717, 1.165) is 19.6 Å². The molecule has 0 aliphatic carbocycles. The van der Waals surface area contributed by atoms with E-state index >= 15 is 0 Å². The first-order chi connectivity index (χ1) is 7.18. The van der Waals surface area contributed by atoms with Crippen LogP contribution in [-0.4, -0.2) is 32.9 Å². The molecule has 1 rings (SSSR count). The molecular weight excluding hydrogens is 202 g/mol. The molecule has 0 saturated carbocycles. The minimum Gasteiger partial charge on any atom is -0.381 e. The fraction of sp³-hybridized carbons (Fsp3) is 1.00. The lowest BCUT2D eigenvalue weighted by molar-refractivity contribution is 0.0593. The van der Waals surface area contributed by atoms with Gasteiger partial charge in [-0.05, 0) is 18.8 Å². The number of ether oxygens (including phenoxy) is 2. The van der Waals surface area contributed by atoms with Gasteiger partial charge in [0.05, 0.1) is 13.2 Å². The van der Waals surface area contributed by atoms with Crippen molar-refractivity contribution in [3.05, 3.63) is 0 Å². The number of hydrogen-bond donors (Lipinski definition) is 0. The molecule has 0 bridgehead atoms. The third-order valence-corrected chi connectivity index (χ3v) is 2.66. The number of alkyl halides is 2. The molecule has 2 atom stereocenters. The summed E-state index contributed by atoms with van der Waals surface area (Å²) >= 11 is 0. The van der Waals surface area contributed by atoms with Gasteiger partial charge in [0, 0.05) is 25.6 Å². The smallest absolute Gasteiger partial charge is 0.238 e. The largest absolute Gasteiger partial charge is 0.381 e. The molecule has 1 fully saturated rings. The Morgan fingerprint density at radius 3 is 2.80 bits per heavy atom. The van der Waals surface area contributed by atoms with Gasteiger partial charge in [0.1, 0.15) is 0 Å². The van der Waals surface area contributed by atoms with Crippen LogP contribution in [0.2, 0.25) is 0 Å². The highest BCUT2D eigenvalue weighted by Crippen LogP contribution is 2.15. The van der Waals surface area contributed by atoms with Crippen LogP contribution in [0.4, 0.5) is 8.78 Å². The number of rotatable bonds is 7. The molecule has 0 aromatic carbocycles. The molecule has 0 spiro atoms. The first-order valence-electron chi connectivity index (χ1n) is 5.62. The molecule has 4 heteroatoms. The molecule has 15 heavy (non-hydrogen) atoms. The van der Waals surface area contributed by atoms with E-state index in [4.69, 9.17) is 9.47 Å². The monoisotopic (exact) mass is 222 g/mol. The van der Waals surface area contributed by atoms with E-state index in [1.165, 1.54) is 0 Å². The highest BCUT2D eigenvalue weighted by Gasteiger charge is 2.16. The lowest BCUT2D eigenvalue weighted by atomic mass is 10.1. The van der Waals surface area contributed by atoms with Crippen molar-refractivity contribution in [2.75, 3.05) is 26.4 Å². The Bertz CT molecular complexity index is 159. The Morgan fingerprint density at radius 2 is 2.20 bits per heavy atom. The topological polar surface area (TPSA) is 18.5 Å². The molecule has 2 nitrogen and oxygen atoms in total. The number of halogens is 2. The Hall–Kier alpha value is -0.220. The first-order valence-corrected chi connectivity index (χ1v) is 5.62. The van der Waals surface area contributed by atoms with Crippen LogP contribution in [0.5, 0.6) is 0 Å². The Balaban J connectivity index is 1.93. The molecule has 0 aromatic rings. The highest BCUT2D eigenvalue weighted by molar-refractivity contribution is 4.63. The lowest BCUT2D eigenvalue weighted by Crippen LogP contribution is -2.14. The third-order valence-electron chi connectivity index (χ3n) is 2.66. The van der Waals surface area contributed by atoms with Gasteiger partial charge < -0.3 is 9.47 Å². The standard InChI is InChI=1S/C11H20F2O2/c1-9(2-3-11(12)13)6-15-8-10-4-5-14-7-10/h9-11H,2-8H2,1H3/t9-,10+/m1/s1. The molecule has 0 radical (unpaired) electrons. The van der Waals surface area contributed by atoms with Crippen LogP contribution in [0, 0.1) is 11.8 Å². The summed E-state index contributed by atoms with van der Waals surface area (Å²) in [6.07, 6.45) is -0.600. The van der Waals surface area contributed by atoms with Gasteiger partial charge in [0.2, 0.25) is 6.43 Å². The zero-order chi connectivity index (χ0) is 11.1. The van der Waals surface area contributed by atoms with Crippen LogP contribution >= 0.6 is 0 Å². The Morgan fingerprint density at radius 1 is 1.40 bits per heavy atom. The van der Waals surface area contributed by atoms with E-state index in [-0.39, 0.29) is 12.3 Å². The summed E-state index contributed by atoms with van der Waals surface area (Å²) in [5.74, 6) is 0.730. The van der Waals surface area contributed by atoms with E-state index in [9.17, 15) is 8.78 Å². The minimum absolute atomic E-state index is 0.0168. The van der Waals surface area contributed by atoms with E-state index < -0.39 is 6.43 Å². The SMILES string of the molecule is C[C@H](CCC(F)F)COC[C@H]1CCOC1. The third kappa shape index (κ3) is 6.05. The van der Waals surface area contributed by atoms with Gasteiger partial charge in [-0.3, -0.25) is 0 Å². The van der Waals surface area contributed by atoms with Crippen molar-refractivity contribution in [3.63, 3.8) is 0 Å². The molecule has 1 aliphatic rings. The molecule has 1 saturated heterocycles. The Labute approximate surface area is 89.9 Å². The summed E-state index contributed by atoms with van der Waals surface area (Å²) in [5, 5.41) is 0. The van der Waals surface area contributed by atoms with Gasteiger partial charge in [-0.25, -0.2) is 8.78 Å². The fourth-order valence-corrected chi connectivity index (χ4v) is 1.64. The molecule has 0 aromatic heterocycles. The summed E-state index contributed by atoms with van der Waals surface area (Å²) in [5.41, 5.74) is 0. The normalized spacial score (nSPS) is 23.6. The molecule has 1 heterocycles. The summed E-state index contributed by atoms with van der Waals surface area (Å²) in [6, 6.07) is 0. The maximum Gasteiger partial charge on any atom is 0.238 e. The van der Waals surface area contributed by atoms with Gasteiger partial charge >= 0.3 is 0 Å². The van der Waals surface area contributed by atoms with E-state index in [1.807, 2.05) is 6.92 Å². The zero-order valence-electron chi connectivity index (χ0n) is 9.25. The summed E-state index contributed by atoms with van der Waals surface area (Å²) in [6.45, 7) is 4.86. The van der Waals surface area contributed by atoms with E-state index in [1.54, 1.807) is 0 Å². The molecule has 0 N–H and O–H groups in total. The van der Waals surface area contributed by atoms with Crippen LogP contribution in [0.1, 0.15) is 26.2 Å². The van der Waals surface area contributed by atoms with Crippen molar-refractivity contribution in [2.24, 2.45) is 11.8 Å². The van der Waals surface area contributed by atoms with E-state index in [2.05, 4.69) is 0 Å². The number of hydrogen-bond acceptors (Lipinski definition) is 2. The molecular formula is C11H20F2O2. The second-order valence-corrected chi connectivity index (χ2v) is 4.34. The van der Waals surface area contributed by atoms with Gasteiger partial charge in [-0.2, -0.15) is 0 Å². The maximum atomic E-state index is 11.9. The molecule has 90 valence electrons. The lowest BCUT2D eigenvalue weighted by Gasteiger charge is -2.13. The quantitative estimate of drug-likeness (QED) is 0.659. The Kier molecular flexibility index (Phi) is 6.10. The van der Waals surface area contributed by atoms with Crippen LogP contribution in [-0.2, 0) is 9.47 Å². The second-order valence-electron chi connectivity index (χ2n) is 4.34. The van der Waals surface area contributed by atoms with Crippen LogP contribution in [0.25, 0.3) is 0 Å². The second kappa shape index (κ2) is 7.12. The van der Waals surface area contributed by atoms with E-state index in [0.29, 0.717) is 25.6 Å². The maximum absolute atomic E-state index is 11.9. The molecule has 0 unspecified atom stereocenters. The first kappa shape index (κ1) is 12.8. The fourth-order valence-electron chi connectivity index (χ4n) is 1.64.